The minimum absolute atomic E-state index is 0.165. The predicted octanol–water partition coefficient (Wildman–Crippen LogP) is 3.35. The molecule has 0 spiro atoms. The molecule has 0 radical (unpaired) electrons. The van der Waals surface area contributed by atoms with Crippen LogP contribution in [-0.4, -0.2) is 55.2 Å². The maximum atomic E-state index is 12.4. The number of carbonyl (C=O) groups excluding carboxylic acids is 1. The molecule has 1 N–H and O–H groups in total. The summed E-state index contributed by atoms with van der Waals surface area (Å²) < 4.78 is 11.2. The molecule has 7 heteroatoms. The number of hydrogen-bond donors (Lipinski definition) is 1. The highest BCUT2D eigenvalue weighted by Crippen LogP contribution is 2.25. The molecule has 0 atom stereocenters. The number of pyridine rings is 1. The molecule has 1 aliphatic rings. The number of morpholine rings is 1. The van der Waals surface area contributed by atoms with Crippen molar-refractivity contribution >= 4 is 16.8 Å². The number of carbonyl (C=O) groups is 1. The van der Waals surface area contributed by atoms with E-state index < -0.39 is 0 Å². The van der Waals surface area contributed by atoms with Crippen molar-refractivity contribution in [1.82, 2.24) is 15.2 Å². The molecule has 4 rings (SSSR count). The fraction of sp³-hybridized carbons (Fsp3) is 0.292. The fourth-order valence-electron chi connectivity index (χ4n) is 3.45. The SMILES string of the molecule is N#Cc1ccc(Oc2ccc3nc(C(=O)NCCCN4CCOCC4)ccc3c2)cc1. The van der Waals surface area contributed by atoms with Crippen molar-refractivity contribution in [3.05, 3.63) is 65.9 Å². The summed E-state index contributed by atoms with van der Waals surface area (Å²) in [6.45, 7) is 5.05. The summed E-state index contributed by atoms with van der Waals surface area (Å²) in [6, 6.07) is 18.2. The molecule has 7 nitrogen and oxygen atoms in total. The van der Waals surface area contributed by atoms with Crippen molar-refractivity contribution in [2.75, 3.05) is 39.4 Å². The summed E-state index contributed by atoms with van der Waals surface area (Å²) in [5.41, 5.74) is 1.72. The van der Waals surface area contributed by atoms with Gasteiger partial charge in [-0.25, -0.2) is 4.98 Å². The molecule has 2 heterocycles. The first-order chi connectivity index (χ1) is 15.2. The van der Waals surface area contributed by atoms with Gasteiger partial charge < -0.3 is 14.8 Å². The molecule has 1 aromatic heterocycles. The van der Waals surface area contributed by atoms with Crippen LogP contribution in [0.3, 0.4) is 0 Å². The van der Waals surface area contributed by atoms with Crippen LogP contribution in [0.15, 0.2) is 54.6 Å². The van der Waals surface area contributed by atoms with Gasteiger partial charge in [0.15, 0.2) is 0 Å². The lowest BCUT2D eigenvalue weighted by Gasteiger charge is -2.26. The van der Waals surface area contributed by atoms with Crippen molar-refractivity contribution < 1.29 is 14.3 Å². The molecular formula is C24H24N4O3. The maximum absolute atomic E-state index is 12.4. The number of rotatable bonds is 7. The number of nitriles is 1. The molecule has 0 bridgehead atoms. The van der Waals surface area contributed by atoms with Crippen molar-refractivity contribution in [1.29, 1.82) is 5.26 Å². The molecule has 31 heavy (non-hydrogen) atoms. The van der Waals surface area contributed by atoms with Crippen LogP contribution < -0.4 is 10.1 Å². The van der Waals surface area contributed by atoms with Gasteiger partial charge in [-0.1, -0.05) is 6.07 Å². The van der Waals surface area contributed by atoms with Crippen LogP contribution in [-0.2, 0) is 4.74 Å². The molecule has 158 valence electrons. The quantitative estimate of drug-likeness (QED) is 0.595. The van der Waals surface area contributed by atoms with Crippen LogP contribution in [0, 0.1) is 11.3 Å². The Labute approximate surface area is 181 Å². The van der Waals surface area contributed by atoms with E-state index in [0.29, 0.717) is 29.3 Å². The first kappa shape index (κ1) is 20.8. The summed E-state index contributed by atoms with van der Waals surface area (Å²) in [5, 5.41) is 12.7. The van der Waals surface area contributed by atoms with Gasteiger partial charge in [0.05, 0.1) is 30.4 Å². The highest BCUT2D eigenvalue weighted by Gasteiger charge is 2.11. The Kier molecular flexibility index (Phi) is 6.72. The number of hydrogen-bond acceptors (Lipinski definition) is 6. The zero-order valence-electron chi connectivity index (χ0n) is 17.2. The van der Waals surface area contributed by atoms with E-state index in [0.717, 1.165) is 50.2 Å². The van der Waals surface area contributed by atoms with Gasteiger partial charge in [0, 0.05) is 25.0 Å². The van der Waals surface area contributed by atoms with Crippen LogP contribution in [0.4, 0.5) is 0 Å². The third-order valence-electron chi connectivity index (χ3n) is 5.15. The summed E-state index contributed by atoms with van der Waals surface area (Å²) in [6.07, 6.45) is 0.898. The Balaban J connectivity index is 1.33. The Hall–Kier alpha value is -3.47. The first-order valence-electron chi connectivity index (χ1n) is 10.4. The first-order valence-corrected chi connectivity index (χ1v) is 10.4. The lowest BCUT2D eigenvalue weighted by Crippen LogP contribution is -2.38. The highest BCUT2D eigenvalue weighted by molar-refractivity contribution is 5.95. The lowest BCUT2D eigenvalue weighted by molar-refractivity contribution is 0.0374. The van der Waals surface area contributed by atoms with E-state index in [4.69, 9.17) is 14.7 Å². The Morgan fingerprint density at radius 2 is 1.87 bits per heavy atom. The molecule has 1 amide bonds. The molecule has 0 aliphatic carbocycles. The second-order valence-corrected chi connectivity index (χ2v) is 7.35. The normalized spacial score (nSPS) is 14.2. The zero-order chi connectivity index (χ0) is 21.5. The molecule has 1 saturated heterocycles. The summed E-state index contributed by atoms with van der Waals surface area (Å²) >= 11 is 0. The van der Waals surface area contributed by atoms with E-state index in [9.17, 15) is 4.79 Å². The lowest BCUT2D eigenvalue weighted by atomic mass is 10.2. The zero-order valence-corrected chi connectivity index (χ0v) is 17.2. The molecule has 3 aromatic rings. The Bertz CT molecular complexity index is 1090. The van der Waals surface area contributed by atoms with Crippen LogP contribution in [0.25, 0.3) is 10.9 Å². The summed E-state index contributed by atoms with van der Waals surface area (Å²) in [5.74, 6) is 1.15. The minimum atomic E-state index is -0.165. The molecule has 1 fully saturated rings. The van der Waals surface area contributed by atoms with E-state index in [1.807, 2.05) is 24.3 Å². The highest BCUT2D eigenvalue weighted by atomic mass is 16.5. The number of nitrogens with zero attached hydrogens (tertiary/aromatic N) is 3. The van der Waals surface area contributed by atoms with Crippen molar-refractivity contribution in [3.63, 3.8) is 0 Å². The van der Waals surface area contributed by atoms with E-state index in [1.165, 1.54) is 0 Å². The topological polar surface area (TPSA) is 87.5 Å². The number of benzene rings is 2. The van der Waals surface area contributed by atoms with Crippen LogP contribution in [0.5, 0.6) is 11.5 Å². The number of fused-ring (bicyclic) bond motifs is 1. The van der Waals surface area contributed by atoms with E-state index in [1.54, 1.807) is 30.3 Å². The fourth-order valence-corrected chi connectivity index (χ4v) is 3.45. The van der Waals surface area contributed by atoms with Crippen LogP contribution in [0.2, 0.25) is 0 Å². The number of ether oxygens (including phenoxy) is 2. The smallest absolute Gasteiger partial charge is 0.269 e. The summed E-state index contributed by atoms with van der Waals surface area (Å²) in [7, 11) is 0. The van der Waals surface area contributed by atoms with Crippen molar-refractivity contribution in [2.24, 2.45) is 0 Å². The van der Waals surface area contributed by atoms with Crippen molar-refractivity contribution in [2.45, 2.75) is 6.42 Å². The molecule has 2 aromatic carbocycles. The van der Waals surface area contributed by atoms with Crippen LogP contribution >= 0.6 is 0 Å². The van der Waals surface area contributed by atoms with Gasteiger partial charge in [-0.15, -0.1) is 0 Å². The van der Waals surface area contributed by atoms with Gasteiger partial charge >= 0.3 is 0 Å². The second-order valence-electron chi connectivity index (χ2n) is 7.35. The van der Waals surface area contributed by atoms with Gasteiger partial charge in [-0.3, -0.25) is 9.69 Å². The van der Waals surface area contributed by atoms with Crippen molar-refractivity contribution in [3.8, 4) is 17.6 Å². The van der Waals surface area contributed by atoms with Gasteiger partial charge in [0.2, 0.25) is 0 Å². The largest absolute Gasteiger partial charge is 0.457 e. The summed E-state index contributed by atoms with van der Waals surface area (Å²) in [4.78, 5) is 19.3. The maximum Gasteiger partial charge on any atom is 0.269 e. The van der Waals surface area contributed by atoms with Gasteiger partial charge in [-0.05, 0) is 61.5 Å². The third-order valence-corrected chi connectivity index (χ3v) is 5.15. The van der Waals surface area contributed by atoms with E-state index in [2.05, 4.69) is 21.3 Å². The monoisotopic (exact) mass is 416 g/mol. The third kappa shape index (κ3) is 5.57. The molecular weight excluding hydrogens is 392 g/mol. The molecule has 1 aliphatic heterocycles. The average Bonchev–Trinajstić information content (AvgIpc) is 2.82. The average molecular weight is 416 g/mol. The van der Waals surface area contributed by atoms with Gasteiger partial charge in [-0.2, -0.15) is 5.26 Å². The van der Waals surface area contributed by atoms with E-state index in [-0.39, 0.29) is 5.91 Å². The minimum Gasteiger partial charge on any atom is -0.457 e. The number of aromatic nitrogens is 1. The van der Waals surface area contributed by atoms with Gasteiger partial charge in [0.25, 0.3) is 5.91 Å². The van der Waals surface area contributed by atoms with E-state index >= 15 is 0 Å². The Morgan fingerprint density at radius 1 is 1.10 bits per heavy atom. The predicted molar refractivity (Wildman–Crippen MR) is 117 cm³/mol. The Morgan fingerprint density at radius 3 is 2.65 bits per heavy atom. The van der Waals surface area contributed by atoms with Gasteiger partial charge in [0.1, 0.15) is 17.2 Å². The molecule has 0 unspecified atom stereocenters. The standard InChI is InChI=1S/C24H24N4O3/c25-17-18-2-5-20(6-3-18)31-21-7-9-22-19(16-21)4-8-23(27-22)24(29)26-10-1-11-28-12-14-30-15-13-28/h2-9,16H,1,10-15H2,(H,26,29). The number of amides is 1. The second kappa shape index (κ2) is 10.0. The molecule has 0 saturated carbocycles. The van der Waals surface area contributed by atoms with Crippen LogP contribution in [0.1, 0.15) is 22.5 Å². The number of nitrogens with one attached hydrogen (secondary N) is 1.